The third-order valence-corrected chi connectivity index (χ3v) is 7.15. The van der Waals surface area contributed by atoms with Crippen molar-refractivity contribution in [3.05, 3.63) is 54.6 Å². The van der Waals surface area contributed by atoms with E-state index >= 15 is 0 Å². The summed E-state index contributed by atoms with van der Waals surface area (Å²) in [4.78, 5) is 15.0. The van der Waals surface area contributed by atoms with Crippen LogP contribution < -0.4 is 5.32 Å². The summed E-state index contributed by atoms with van der Waals surface area (Å²) >= 11 is 0. The summed E-state index contributed by atoms with van der Waals surface area (Å²) in [6, 6.07) is 14.6. The standard InChI is InChI=1S/C20H22N2O4S.ClH/c23-20(26-18-14-22-12-10-15(18)11-13-22)21-17-8-4-5-9-19(17)27(24,25)16-6-2-1-3-7-16;/h1-9,15,18H,10-14H2,(H,21,23);1H. The molecule has 6 nitrogen and oxygen atoms in total. The number of halogens is 1. The van der Waals surface area contributed by atoms with Gasteiger partial charge < -0.3 is 4.74 Å². The molecule has 0 aromatic heterocycles. The van der Waals surface area contributed by atoms with E-state index in [0.717, 1.165) is 32.5 Å². The van der Waals surface area contributed by atoms with Gasteiger partial charge in [-0.2, -0.15) is 0 Å². The molecule has 0 saturated carbocycles. The molecule has 3 aliphatic heterocycles. The van der Waals surface area contributed by atoms with Crippen molar-refractivity contribution in [2.75, 3.05) is 25.0 Å². The Balaban J connectivity index is 0.00000225. The van der Waals surface area contributed by atoms with Gasteiger partial charge in [0.25, 0.3) is 0 Å². The lowest BCUT2D eigenvalue weighted by molar-refractivity contribution is -0.0289. The number of sulfone groups is 1. The minimum absolute atomic E-state index is 0. The highest BCUT2D eigenvalue weighted by atomic mass is 35.5. The molecule has 5 rings (SSSR count). The van der Waals surface area contributed by atoms with Gasteiger partial charge in [-0.1, -0.05) is 30.3 Å². The molecule has 2 aromatic carbocycles. The van der Waals surface area contributed by atoms with Crippen molar-refractivity contribution in [1.82, 2.24) is 4.90 Å². The van der Waals surface area contributed by atoms with Crippen LogP contribution in [0.3, 0.4) is 0 Å². The number of piperidine rings is 3. The van der Waals surface area contributed by atoms with Gasteiger partial charge in [-0.15, -0.1) is 12.4 Å². The molecular weight excluding hydrogens is 400 g/mol. The first kappa shape index (κ1) is 20.6. The van der Waals surface area contributed by atoms with E-state index in [4.69, 9.17) is 4.74 Å². The number of carbonyl (C=O) groups is 1. The molecule has 2 aromatic rings. The van der Waals surface area contributed by atoms with Gasteiger partial charge in [-0.05, 0) is 56.1 Å². The number of para-hydroxylation sites is 1. The average molecular weight is 423 g/mol. The molecule has 150 valence electrons. The van der Waals surface area contributed by atoms with Crippen molar-refractivity contribution in [2.24, 2.45) is 5.92 Å². The van der Waals surface area contributed by atoms with E-state index in [1.807, 2.05) is 0 Å². The van der Waals surface area contributed by atoms with Crippen molar-refractivity contribution in [1.29, 1.82) is 0 Å². The lowest BCUT2D eigenvalue weighted by Gasteiger charge is -2.43. The molecule has 1 amide bonds. The lowest BCUT2D eigenvalue weighted by atomic mass is 9.86. The number of amides is 1. The van der Waals surface area contributed by atoms with E-state index in [1.165, 1.54) is 18.2 Å². The van der Waals surface area contributed by atoms with E-state index in [9.17, 15) is 13.2 Å². The summed E-state index contributed by atoms with van der Waals surface area (Å²) in [6.07, 6.45) is 1.34. The molecule has 0 radical (unpaired) electrons. The van der Waals surface area contributed by atoms with E-state index in [2.05, 4.69) is 10.2 Å². The quantitative estimate of drug-likeness (QED) is 0.814. The predicted molar refractivity (Wildman–Crippen MR) is 109 cm³/mol. The molecular formula is C20H23ClN2O4S. The Morgan fingerprint density at radius 1 is 1.00 bits per heavy atom. The number of nitrogens with zero attached hydrogens (tertiary/aromatic N) is 1. The first-order valence-electron chi connectivity index (χ1n) is 9.13. The van der Waals surface area contributed by atoms with Crippen LogP contribution in [-0.2, 0) is 14.6 Å². The fourth-order valence-corrected chi connectivity index (χ4v) is 5.29. The number of ether oxygens (including phenoxy) is 1. The van der Waals surface area contributed by atoms with Gasteiger partial charge in [-0.25, -0.2) is 13.2 Å². The second-order valence-electron chi connectivity index (χ2n) is 7.02. The number of hydrogen-bond donors (Lipinski definition) is 1. The monoisotopic (exact) mass is 422 g/mol. The average Bonchev–Trinajstić information content (AvgIpc) is 2.70. The van der Waals surface area contributed by atoms with Crippen molar-refractivity contribution < 1.29 is 17.9 Å². The molecule has 3 heterocycles. The van der Waals surface area contributed by atoms with Crippen LogP contribution in [0.2, 0.25) is 0 Å². The fourth-order valence-electron chi connectivity index (χ4n) is 3.85. The van der Waals surface area contributed by atoms with Crippen LogP contribution in [-0.4, -0.2) is 45.1 Å². The fraction of sp³-hybridized carbons (Fsp3) is 0.350. The van der Waals surface area contributed by atoms with Crippen LogP contribution in [0.25, 0.3) is 0 Å². The number of anilines is 1. The summed E-state index contributed by atoms with van der Waals surface area (Å²) in [5.74, 6) is 0.393. The predicted octanol–water partition coefficient (Wildman–Crippen LogP) is 3.58. The Kier molecular flexibility index (Phi) is 6.27. The zero-order valence-corrected chi connectivity index (χ0v) is 16.9. The molecule has 1 unspecified atom stereocenters. The number of benzene rings is 2. The first-order chi connectivity index (χ1) is 13.0. The Labute approximate surface area is 171 Å². The van der Waals surface area contributed by atoms with Gasteiger partial charge in [-0.3, -0.25) is 10.2 Å². The highest BCUT2D eigenvalue weighted by molar-refractivity contribution is 7.91. The second-order valence-corrected chi connectivity index (χ2v) is 8.94. The van der Waals surface area contributed by atoms with Crippen molar-refractivity contribution in [3.8, 4) is 0 Å². The van der Waals surface area contributed by atoms with Crippen LogP contribution >= 0.6 is 12.4 Å². The summed E-state index contributed by atoms with van der Waals surface area (Å²) < 4.78 is 31.5. The van der Waals surface area contributed by atoms with Gasteiger partial charge >= 0.3 is 6.09 Å². The summed E-state index contributed by atoms with van der Waals surface area (Å²) in [6.45, 7) is 2.87. The number of fused-ring (bicyclic) bond motifs is 3. The van der Waals surface area contributed by atoms with E-state index in [0.29, 0.717) is 5.92 Å². The van der Waals surface area contributed by atoms with Crippen molar-refractivity contribution in [2.45, 2.75) is 28.7 Å². The van der Waals surface area contributed by atoms with Gasteiger partial charge in [0.15, 0.2) is 0 Å². The topological polar surface area (TPSA) is 75.7 Å². The Morgan fingerprint density at radius 3 is 2.29 bits per heavy atom. The number of carbonyl (C=O) groups excluding carboxylic acids is 1. The first-order valence-corrected chi connectivity index (χ1v) is 10.6. The second kappa shape index (κ2) is 8.51. The molecule has 3 saturated heterocycles. The molecule has 3 fully saturated rings. The molecule has 28 heavy (non-hydrogen) atoms. The lowest BCUT2D eigenvalue weighted by Crippen LogP contribution is -2.52. The number of nitrogens with one attached hydrogen (secondary N) is 1. The van der Waals surface area contributed by atoms with Crippen molar-refractivity contribution >= 4 is 34.0 Å². The molecule has 8 heteroatoms. The van der Waals surface area contributed by atoms with Crippen LogP contribution in [0.5, 0.6) is 0 Å². The van der Waals surface area contributed by atoms with Gasteiger partial charge in [0.1, 0.15) is 6.10 Å². The molecule has 0 aliphatic carbocycles. The Bertz CT molecular complexity index is 928. The van der Waals surface area contributed by atoms with E-state index < -0.39 is 15.9 Å². The Hall–Kier alpha value is -2.09. The van der Waals surface area contributed by atoms with Crippen LogP contribution in [0.15, 0.2) is 64.4 Å². The third-order valence-electron chi connectivity index (χ3n) is 5.32. The zero-order valence-electron chi connectivity index (χ0n) is 15.3. The molecule has 2 bridgehead atoms. The molecule has 0 spiro atoms. The maximum atomic E-state index is 12.9. The van der Waals surface area contributed by atoms with Gasteiger partial charge in [0, 0.05) is 6.54 Å². The maximum Gasteiger partial charge on any atom is 0.411 e. The van der Waals surface area contributed by atoms with Crippen LogP contribution in [0, 0.1) is 5.92 Å². The smallest absolute Gasteiger partial charge is 0.411 e. The van der Waals surface area contributed by atoms with Gasteiger partial charge in [0.05, 0.1) is 15.5 Å². The molecule has 1 N–H and O–H groups in total. The summed E-state index contributed by atoms with van der Waals surface area (Å²) in [5.41, 5.74) is 0.229. The summed E-state index contributed by atoms with van der Waals surface area (Å²) in [7, 11) is -3.74. The summed E-state index contributed by atoms with van der Waals surface area (Å²) in [5, 5.41) is 2.63. The highest BCUT2D eigenvalue weighted by Gasteiger charge is 2.36. The van der Waals surface area contributed by atoms with Crippen LogP contribution in [0.4, 0.5) is 10.5 Å². The van der Waals surface area contributed by atoms with Crippen LogP contribution in [0.1, 0.15) is 12.8 Å². The Morgan fingerprint density at radius 2 is 1.64 bits per heavy atom. The number of hydrogen-bond acceptors (Lipinski definition) is 5. The minimum atomic E-state index is -3.74. The maximum absolute atomic E-state index is 12.9. The van der Waals surface area contributed by atoms with Gasteiger partial charge in [0.2, 0.25) is 9.84 Å². The normalized spacial score (nSPS) is 23.5. The number of rotatable bonds is 4. The van der Waals surface area contributed by atoms with E-state index in [1.54, 1.807) is 36.4 Å². The minimum Gasteiger partial charge on any atom is -0.444 e. The third kappa shape index (κ3) is 4.16. The molecule has 3 aliphatic rings. The molecule has 1 atom stereocenters. The van der Waals surface area contributed by atoms with E-state index in [-0.39, 0.29) is 34.0 Å². The highest BCUT2D eigenvalue weighted by Crippen LogP contribution is 2.31. The van der Waals surface area contributed by atoms with Crippen molar-refractivity contribution in [3.63, 3.8) is 0 Å². The SMILES string of the molecule is Cl.O=C(Nc1ccccc1S(=O)(=O)c1ccccc1)OC1CN2CCC1CC2. The largest absolute Gasteiger partial charge is 0.444 e. The zero-order chi connectivity index (χ0) is 18.9.